The number of rotatable bonds is 6. The topological polar surface area (TPSA) is 82.1 Å². The lowest BCUT2D eigenvalue weighted by Crippen LogP contribution is -2.11. The van der Waals surface area contributed by atoms with Crippen LogP contribution < -0.4 is 0 Å². The minimum atomic E-state index is -1.58. The number of benzene rings is 1. The minimum absolute atomic E-state index is 0.111. The van der Waals surface area contributed by atoms with Gasteiger partial charge in [0.1, 0.15) is 0 Å². The molecule has 6 nitrogen and oxygen atoms in total. The molecule has 1 N–H and O–H groups in total. The van der Waals surface area contributed by atoms with E-state index in [1.54, 1.807) is 6.92 Å². The largest absolute Gasteiger partial charge is 0.516 e. The van der Waals surface area contributed by atoms with E-state index < -0.39 is 18.3 Å². The zero-order chi connectivity index (χ0) is 16.4. The summed E-state index contributed by atoms with van der Waals surface area (Å²) in [5.41, 5.74) is 1.66. The molecule has 0 spiro atoms. The Balaban J connectivity index is 2.98. The number of carbonyl (C=O) groups excluding carboxylic acids is 1. The van der Waals surface area contributed by atoms with E-state index in [0.717, 1.165) is 11.1 Å². The van der Waals surface area contributed by atoms with Crippen LogP contribution in [0.2, 0.25) is 0 Å². The van der Waals surface area contributed by atoms with Gasteiger partial charge >= 0.3 is 18.3 Å². The molecular weight excluding hydrogens is 288 g/mol. The molecule has 0 aliphatic carbocycles. The van der Waals surface area contributed by atoms with Crippen molar-refractivity contribution in [2.75, 3.05) is 6.61 Å². The Kier molecular flexibility index (Phi) is 7.25. The second-order valence-corrected chi connectivity index (χ2v) is 4.10. The van der Waals surface area contributed by atoms with Gasteiger partial charge in [-0.1, -0.05) is 43.3 Å². The predicted molar refractivity (Wildman–Crippen MR) is 80.0 cm³/mol. The van der Waals surface area contributed by atoms with Crippen LogP contribution in [0, 0.1) is 0 Å². The van der Waals surface area contributed by atoms with E-state index in [4.69, 9.17) is 9.84 Å². The van der Waals surface area contributed by atoms with Crippen LogP contribution >= 0.6 is 0 Å². The molecule has 0 amide bonds. The van der Waals surface area contributed by atoms with Crippen molar-refractivity contribution in [2.24, 2.45) is 0 Å². The summed E-state index contributed by atoms with van der Waals surface area (Å²) in [7, 11) is 0. The first kappa shape index (κ1) is 17.3. The summed E-state index contributed by atoms with van der Waals surface area (Å²) in [6, 6.07) is 9.45. The van der Waals surface area contributed by atoms with Crippen LogP contribution in [-0.2, 0) is 14.2 Å². The first-order chi connectivity index (χ1) is 10.5. The van der Waals surface area contributed by atoms with Crippen molar-refractivity contribution in [3.63, 3.8) is 0 Å². The lowest BCUT2D eigenvalue weighted by atomic mass is 10.1. The molecule has 6 heteroatoms. The van der Waals surface area contributed by atoms with Gasteiger partial charge in [0.15, 0.2) is 0 Å². The van der Waals surface area contributed by atoms with Crippen molar-refractivity contribution in [1.29, 1.82) is 0 Å². The maximum absolute atomic E-state index is 11.3. The van der Waals surface area contributed by atoms with Crippen LogP contribution in [0.15, 0.2) is 47.9 Å². The molecule has 0 aromatic heterocycles. The highest BCUT2D eigenvalue weighted by atomic mass is 16.8. The molecule has 1 rings (SSSR count). The molecule has 22 heavy (non-hydrogen) atoms. The normalized spacial score (nSPS) is 11.7. The molecule has 0 fully saturated rings. The molecule has 118 valence electrons. The fourth-order valence-corrected chi connectivity index (χ4v) is 1.56. The van der Waals surface area contributed by atoms with E-state index in [-0.39, 0.29) is 6.61 Å². The monoisotopic (exact) mass is 306 g/mol. The van der Waals surface area contributed by atoms with Gasteiger partial charge in [-0.2, -0.15) is 0 Å². The van der Waals surface area contributed by atoms with Gasteiger partial charge in [0.25, 0.3) is 0 Å². The Morgan fingerprint density at radius 1 is 1.14 bits per heavy atom. The molecule has 1 aromatic rings. The summed E-state index contributed by atoms with van der Waals surface area (Å²) >= 11 is 0. The Hall–Kier alpha value is -2.76. The van der Waals surface area contributed by atoms with Crippen LogP contribution in [0.4, 0.5) is 9.59 Å². The SMILES string of the molecule is CCOC(=O)OC(=CC(=Cc1ccccc1)CC)OC(=O)O. The number of ether oxygens (including phenoxy) is 3. The molecule has 0 saturated carbocycles. The Bertz CT molecular complexity index is 559. The lowest BCUT2D eigenvalue weighted by molar-refractivity contribution is 0.0267. The van der Waals surface area contributed by atoms with Crippen molar-refractivity contribution in [3.05, 3.63) is 53.5 Å². The zero-order valence-electron chi connectivity index (χ0n) is 12.4. The van der Waals surface area contributed by atoms with E-state index in [0.29, 0.717) is 6.42 Å². The van der Waals surface area contributed by atoms with Crippen LogP contribution in [0.3, 0.4) is 0 Å². The summed E-state index contributed by atoms with van der Waals surface area (Å²) in [6.45, 7) is 3.60. The van der Waals surface area contributed by atoms with Gasteiger partial charge in [0.05, 0.1) is 6.61 Å². The number of carboxylic acid groups (broad SMARTS) is 1. The molecule has 0 unspecified atom stereocenters. The van der Waals surface area contributed by atoms with Crippen LogP contribution in [0.1, 0.15) is 25.8 Å². The first-order valence-corrected chi connectivity index (χ1v) is 6.77. The second-order valence-electron chi connectivity index (χ2n) is 4.10. The molecular formula is C16H18O6. The van der Waals surface area contributed by atoms with Crippen molar-refractivity contribution in [3.8, 4) is 0 Å². The van der Waals surface area contributed by atoms with Crippen LogP contribution in [0.5, 0.6) is 0 Å². The summed E-state index contributed by atoms with van der Waals surface area (Å²) in [4.78, 5) is 21.9. The van der Waals surface area contributed by atoms with Crippen molar-refractivity contribution < 1.29 is 28.9 Å². The van der Waals surface area contributed by atoms with Crippen molar-refractivity contribution in [1.82, 2.24) is 0 Å². The summed E-state index contributed by atoms with van der Waals surface area (Å²) in [5, 5.41) is 8.69. The smallest absolute Gasteiger partial charge is 0.449 e. The highest BCUT2D eigenvalue weighted by Gasteiger charge is 2.13. The van der Waals surface area contributed by atoms with Gasteiger partial charge in [-0.25, -0.2) is 9.59 Å². The fraction of sp³-hybridized carbons (Fsp3) is 0.250. The Labute approximate surface area is 128 Å². The number of hydrogen-bond donors (Lipinski definition) is 1. The molecule has 0 bridgehead atoms. The molecule has 0 heterocycles. The fourth-order valence-electron chi connectivity index (χ4n) is 1.56. The minimum Gasteiger partial charge on any atom is -0.449 e. The molecule has 1 aromatic carbocycles. The average Bonchev–Trinajstić information content (AvgIpc) is 2.47. The van der Waals surface area contributed by atoms with E-state index >= 15 is 0 Å². The maximum Gasteiger partial charge on any atom is 0.516 e. The van der Waals surface area contributed by atoms with Crippen LogP contribution in [-0.4, -0.2) is 24.0 Å². The molecule has 0 radical (unpaired) electrons. The number of carbonyl (C=O) groups is 2. The third-order valence-corrected chi connectivity index (χ3v) is 2.50. The van der Waals surface area contributed by atoms with Gasteiger partial charge in [0, 0.05) is 6.08 Å². The van der Waals surface area contributed by atoms with E-state index in [2.05, 4.69) is 9.47 Å². The zero-order valence-corrected chi connectivity index (χ0v) is 12.4. The Morgan fingerprint density at radius 3 is 2.36 bits per heavy atom. The van der Waals surface area contributed by atoms with Gasteiger partial charge in [-0.15, -0.1) is 0 Å². The van der Waals surface area contributed by atoms with E-state index in [9.17, 15) is 9.59 Å². The van der Waals surface area contributed by atoms with Crippen molar-refractivity contribution in [2.45, 2.75) is 20.3 Å². The maximum atomic E-state index is 11.3. The molecule has 0 saturated heterocycles. The van der Waals surface area contributed by atoms with Gasteiger partial charge in [0.2, 0.25) is 0 Å². The molecule has 0 atom stereocenters. The second kappa shape index (κ2) is 9.23. The first-order valence-electron chi connectivity index (χ1n) is 6.77. The van der Waals surface area contributed by atoms with Crippen LogP contribution in [0.25, 0.3) is 6.08 Å². The van der Waals surface area contributed by atoms with Gasteiger partial charge < -0.3 is 19.3 Å². The molecule has 0 aliphatic heterocycles. The summed E-state index contributed by atoms with van der Waals surface area (Å²) in [6.07, 6.45) is 1.17. The predicted octanol–water partition coefficient (Wildman–Crippen LogP) is 4.19. The van der Waals surface area contributed by atoms with Gasteiger partial charge in [-0.05, 0) is 24.5 Å². The molecule has 0 aliphatic rings. The van der Waals surface area contributed by atoms with Crippen molar-refractivity contribution >= 4 is 18.4 Å². The number of hydrogen-bond acceptors (Lipinski definition) is 5. The average molecular weight is 306 g/mol. The quantitative estimate of drug-likeness (QED) is 0.482. The standard InChI is InChI=1S/C16H18O6/c1-3-12(10-13-8-6-5-7-9-13)11-14(21-15(17)18)22-16(19)20-4-2/h5-11H,3-4H2,1-2H3,(H,17,18). The summed E-state index contributed by atoms with van der Waals surface area (Å²) < 4.78 is 13.8. The number of allylic oxidation sites excluding steroid dienone is 2. The Morgan fingerprint density at radius 2 is 1.82 bits per heavy atom. The van der Waals surface area contributed by atoms with E-state index in [1.165, 1.54) is 6.08 Å². The highest BCUT2D eigenvalue weighted by molar-refractivity contribution is 5.64. The third kappa shape index (κ3) is 6.60. The van der Waals surface area contributed by atoms with E-state index in [1.807, 2.05) is 43.3 Å². The highest BCUT2D eigenvalue weighted by Crippen LogP contribution is 2.15. The lowest BCUT2D eigenvalue weighted by Gasteiger charge is -2.07. The third-order valence-electron chi connectivity index (χ3n) is 2.50. The summed E-state index contributed by atoms with van der Waals surface area (Å²) in [5.74, 6) is -0.449. The van der Waals surface area contributed by atoms with Gasteiger partial charge in [-0.3, -0.25) is 0 Å².